The van der Waals surface area contributed by atoms with Gasteiger partial charge < -0.3 is 19.9 Å². The minimum atomic E-state index is -1.09. The van der Waals surface area contributed by atoms with Crippen LogP contribution in [0, 0.1) is 0 Å². The molecular weight excluding hydrogens is 262 g/mol. The minimum Gasteiger partial charge on any atom is -0.497 e. The largest absolute Gasteiger partial charge is 0.497 e. The summed E-state index contributed by atoms with van der Waals surface area (Å²) in [7, 11) is 1.48. The Labute approximate surface area is 117 Å². The Hall–Kier alpha value is -2.24. The topological polar surface area (TPSA) is 84.9 Å². The molecule has 1 aromatic rings. The molecule has 0 unspecified atom stereocenters. The fourth-order valence-corrected chi connectivity index (χ4v) is 1.57. The summed E-state index contributed by atoms with van der Waals surface area (Å²) in [4.78, 5) is 22.5. The van der Waals surface area contributed by atoms with Gasteiger partial charge >= 0.3 is 5.97 Å². The number of ether oxygens (including phenoxy) is 2. The van der Waals surface area contributed by atoms with Gasteiger partial charge in [-0.05, 0) is 26.0 Å². The first kappa shape index (κ1) is 15.8. The highest BCUT2D eigenvalue weighted by Gasteiger charge is 2.13. The summed E-state index contributed by atoms with van der Waals surface area (Å²) < 4.78 is 10.4. The number of nitrogens with one attached hydrogen (secondary N) is 1. The van der Waals surface area contributed by atoms with Crippen LogP contribution in [0.3, 0.4) is 0 Å². The van der Waals surface area contributed by atoms with Crippen molar-refractivity contribution in [3.63, 3.8) is 0 Å². The second kappa shape index (κ2) is 7.37. The highest BCUT2D eigenvalue weighted by atomic mass is 16.5. The highest BCUT2D eigenvalue weighted by molar-refractivity contribution is 5.91. The van der Waals surface area contributed by atoms with Gasteiger partial charge in [-0.15, -0.1) is 0 Å². The van der Waals surface area contributed by atoms with E-state index >= 15 is 0 Å². The van der Waals surface area contributed by atoms with E-state index in [2.05, 4.69) is 5.32 Å². The maximum atomic E-state index is 11.5. The van der Waals surface area contributed by atoms with Gasteiger partial charge in [-0.3, -0.25) is 4.79 Å². The fraction of sp³-hybridized carbons (Fsp3) is 0.429. The molecule has 0 bridgehead atoms. The molecule has 1 rings (SSSR count). The van der Waals surface area contributed by atoms with Crippen LogP contribution in [-0.4, -0.2) is 36.7 Å². The van der Waals surface area contributed by atoms with Gasteiger partial charge in [-0.25, -0.2) is 4.79 Å². The van der Waals surface area contributed by atoms with Crippen LogP contribution >= 0.6 is 0 Å². The Kier molecular flexibility index (Phi) is 5.83. The molecule has 0 aliphatic carbocycles. The van der Waals surface area contributed by atoms with E-state index in [0.717, 1.165) is 0 Å². The molecule has 6 heteroatoms. The van der Waals surface area contributed by atoms with Gasteiger partial charge in [0.15, 0.2) is 0 Å². The van der Waals surface area contributed by atoms with Crippen molar-refractivity contribution in [1.29, 1.82) is 0 Å². The molecule has 20 heavy (non-hydrogen) atoms. The van der Waals surface area contributed by atoms with Crippen molar-refractivity contribution in [2.24, 2.45) is 0 Å². The molecule has 1 amide bonds. The molecule has 1 aromatic carbocycles. The first-order valence-corrected chi connectivity index (χ1v) is 6.27. The molecular formula is C14H19NO5. The summed E-state index contributed by atoms with van der Waals surface area (Å²) in [5.74, 6) is -0.542. The number of carbonyl (C=O) groups excluding carboxylic acids is 1. The predicted octanol–water partition coefficient (Wildman–Crippen LogP) is 1.69. The number of rotatable bonds is 7. The van der Waals surface area contributed by atoms with E-state index in [-0.39, 0.29) is 36.3 Å². The van der Waals surface area contributed by atoms with E-state index in [1.807, 2.05) is 13.8 Å². The monoisotopic (exact) mass is 281 g/mol. The molecule has 0 aromatic heterocycles. The van der Waals surface area contributed by atoms with E-state index in [1.165, 1.54) is 19.2 Å². The average molecular weight is 281 g/mol. The first-order valence-electron chi connectivity index (χ1n) is 6.27. The smallest absolute Gasteiger partial charge is 0.339 e. The number of amides is 1. The number of carbonyl (C=O) groups is 2. The lowest BCUT2D eigenvalue weighted by molar-refractivity contribution is -0.122. The quantitative estimate of drug-likeness (QED) is 0.794. The Morgan fingerprint density at radius 3 is 2.60 bits per heavy atom. The lowest BCUT2D eigenvalue weighted by atomic mass is 10.2. The highest BCUT2D eigenvalue weighted by Crippen LogP contribution is 2.25. The zero-order chi connectivity index (χ0) is 15.1. The van der Waals surface area contributed by atoms with Crippen molar-refractivity contribution in [2.45, 2.75) is 26.3 Å². The van der Waals surface area contributed by atoms with E-state index < -0.39 is 5.97 Å². The lowest BCUT2D eigenvalue weighted by Crippen LogP contribution is -2.31. The van der Waals surface area contributed by atoms with Crippen molar-refractivity contribution >= 4 is 11.9 Å². The van der Waals surface area contributed by atoms with E-state index in [0.29, 0.717) is 5.75 Å². The number of benzene rings is 1. The molecule has 0 aliphatic heterocycles. The Morgan fingerprint density at radius 2 is 2.05 bits per heavy atom. The van der Waals surface area contributed by atoms with Gasteiger partial charge in [-0.2, -0.15) is 0 Å². The number of carboxylic acid groups (broad SMARTS) is 1. The van der Waals surface area contributed by atoms with E-state index in [1.54, 1.807) is 6.07 Å². The lowest BCUT2D eigenvalue weighted by Gasteiger charge is -2.12. The third kappa shape index (κ3) is 4.79. The van der Waals surface area contributed by atoms with Crippen molar-refractivity contribution in [2.75, 3.05) is 13.7 Å². The van der Waals surface area contributed by atoms with Crippen LogP contribution in [0.5, 0.6) is 11.5 Å². The zero-order valence-electron chi connectivity index (χ0n) is 11.8. The van der Waals surface area contributed by atoms with E-state index in [4.69, 9.17) is 14.6 Å². The van der Waals surface area contributed by atoms with Gasteiger partial charge in [0.2, 0.25) is 5.91 Å². The third-order valence-corrected chi connectivity index (χ3v) is 2.46. The number of carboxylic acids is 1. The van der Waals surface area contributed by atoms with Crippen LogP contribution in [0.4, 0.5) is 0 Å². The SMILES string of the molecule is COc1ccc(C(=O)O)c(OCCC(=O)NC(C)C)c1. The van der Waals surface area contributed by atoms with Crippen LogP contribution in [0.15, 0.2) is 18.2 Å². The van der Waals surface area contributed by atoms with Crippen molar-refractivity contribution in [1.82, 2.24) is 5.32 Å². The second-order valence-corrected chi connectivity index (χ2v) is 4.49. The number of hydrogen-bond acceptors (Lipinski definition) is 4. The van der Waals surface area contributed by atoms with Gasteiger partial charge in [-0.1, -0.05) is 0 Å². The van der Waals surface area contributed by atoms with E-state index in [9.17, 15) is 9.59 Å². The second-order valence-electron chi connectivity index (χ2n) is 4.49. The summed E-state index contributed by atoms with van der Waals surface area (Å²) >= 11 is 0. The molecule has 0 aliphatic rings. The fourth-order valence-electron chi connectivity index (χ4n) is 1.57. The Balaban J connectivity index is 2.66. The number of hydrogen-bond donors (Lipinski definition) is 2. The average Bonchev–Trinajstić information content (AvgIpc) is 2.37. The third-order valence-electron chi connectivity index (χ3n) is 2.46. The molecule has 0 heterocycles. The minimum absolute atomic E-state index is 0.0371. The predicted molar refractivity (Wildman–Crippen MR) is 73.3 cm³/mol. The Morgan fingerprint density at radius 1 is 1.35 bits per heavy atom. The number of methoxy groups -OCH3 is 1. The summed E-state index contributed by atoms with van der Waals surface area (Å²) in [6.45, 7) is 3.83. The zero-order valence-corrected chi connectivity index (χ0v) is 11.8. The van der Waals surface area contributed by atoms with Gasteiger partial charge in [0.25, 0.3) is 0 Å². The van der Waals surface area contributed by atoms with Gasteiger partial charge in [0, 0.05) is 12.1 Å². The Bertz CT molecular complexity index is 484. The van der Waals surface area contributed by atoms with Gasteiger partial charge in [0.1, 0.15) is 17.1 Å². The van der Waals surface area contributed by atoms with Gasteiger partial charge in [0.05, 0.1) is 20.1 Å². The normalized spacial score (nSPS) is 10.2. The molecule has 2 N–H and O–H groups in total. The molecule has 110 valence electrons. The summed E-state index contributed by atoms with van der Waals surface area (Å²) in [6, 6.07) is 4.50. The van der Waals surface area contributed by atoms with Crippen molar-refractivity contribution < 1.29 is 24.2 Å². The summed E-state index contributed by atoms with van der Waals surface area (Å²) in [5, 5.41) is 11.8. The molecule has 6 nitrogen and oxygen atoms in total. The molecule has 0 fully saturated rings. The molecule has 0 spiro atoms. The van der Waals surface area contributed by atoms with Crippen molar-refractivity contribution in [3.05, 3.63) is 23.8 Å². The number of aromatic carboxylic acids is 1. The van der Waals surface area contributed by atoms with Crippen LogP contribution < -0.4 is 14.8 Å². The van der Waals surface area contributed by atoms with Crippen LogP contribution in [0.25, 0.3) is 0 Å². The molecule has 0 radical (unpaired) electrons. The van der Waals surface area contributed by atoms with Crippen LogP contribution in [0.2, 0.25) is 0 Å². The summed E-state index contributed by atoms with van der Waals surface area (Å²) in [5.41, 5.74) is 0.0371. The molecule has 0 atom stereocenters. The molecule has 0 saturated carbocycles. The maximum absolute atomic E-state index is 11.5. The van der Waals surface area contributed by atoms with Crippen molar-refractivity contribution in [3.8, 4) is 11.5 Å². The maximum Gasteiger partial charge on any atom is 0.339 e. The van der Waals surface area contributed by atoms with Crippen LogP contribution in [-0.2, 0) is 4.79 Å². The van der Waals surface area contributed by atoms with Crippen LogP contribution in [0.1, 0.15) is 30.6 Å². The molecule has 0 saturated heterocycles. The summed E-state index contributed by atoms with van der Waals surface area (Å²) in [6.07, 6.45) is 0.161. The standard InChI is InChI=1S/C14H19NO5/c1-9(2)15-13(16)6-7-20-12-8-10(19-3)4-5-11(12)14(17)18/h4-5,8-9H,6-7H2,1-3H3,(H,15,16)(H,17,18). The first-order chi connectivity index (χ1) is 9.43.